The molecule has 0 saturated heterocycles. The molecule has 2 heteroatoms. The molecule has 38 heavy (non-hydrogen) atoms. The van der Waals surface area contributed by atoms with Crippen LogP contribution in [0.25, 0.3) is 11.1 Å². The van der Waals surface area contributed by atoms with E-state index in [0.717, 1.165) is 18.3 Å². The van der Waals surface area contributed by atoms with Gasteiger partial charge in [0, 0.05) is 0 Å². The highest BCUT2D eigenvalue weighted by molar-refractivity contribution is 6.23. The lowest BCUT2D eigenvalue weighted by atomic mass is 9.64. The van der Waals surface area contributed by atoms with Crippen molar-refractivity contribution in [2.75, 3.05) is 0 Å². The van der Waals surface area contributed by atoms with Crippen LogP contribution in [0, 0.1) is 61.2 Å². The third-order valence-corrected chi connectivity index (χ3v) is 10.8. The number of hydrogen-bond donors (Lipinski definition) is 0. The van der Waals surface area contributed by atoms with Crippen LogP contribution in [0.1, 0.15) is 95.4 Å². The number of fused-ring (bicyclic) bond motifs is 2. The maximum atomic E-state index is 13.5. The van der Waals surface area contributed by atoms with Crippen molar-refractivity contribution in [3.05, 3.63) is 58.2 Å². The number of allylic oxidation sites excluding steroid dienone is 2. The van der Waals surface area contributed by atoms with Gasteiger partial charge in [-0.25, -0.2) is 0 Å². The van der Waals surface area contributed by atoms with Gasteiger partial charge in [-0.1, -0.05) is 77.0 Å². The molecule has 0 N–H and O–H groups in total. The van der Waals surface area contributed by atoms with Crippen LogP contribution in [0.4, 0.5) is 0 Å². The predicted molar refractivity (Wildman–Crippen MR) is 158 cm³/mol. The monoisotopic (exact) mass is 512 g/mol. The van der Waals surface area contributed by atoms with E-state index in [4.69, 9.17) is 0 Å². The first-order valence-corrected chi connectivity index (χ1v) is 15.3. The Labute approximate surface area is 231 Å². The normalized spacial score (nSPS) is 31.5. The van der Waals surface area contributed by atoms with Crippen LogP contribution in [0.15, 0.2) is 35.9 Å². The van der Waals surface area contributed by atoms with E-state index in [1.54, 1.807) is 0 Å². The van der Waals surface area contributed by atoms with Gasteiger partial charge in [0.05, 0.1) is 11.8 Å². The maximum Gasteiger partial charge on any atom is 0.154 e. The first kappa shape index (κ1) is 27.4. The lowest BCUT2D eigenvalue weighted by Crippen LogP contribution is -2.50. The van der Waals surface area contributed by atoms with E-state index >= 15 is 0 Å². The van der Waals surface area contributed by atoms with E-state index in [9.17, 15) is 9.59 Å². The van der Waals surface area contributed by atoms with Gasteiger partial charge in [0.15, 0.2) is 11.6 Å². The van der Waals surface area contributed by atoms with Gasteiger partial charge < -0.3 is 0 Å². The summed E-state index contributed by atoms with van der Waals surface area (Å²) in [6, 6.07) is 8.96. The van der Waals surface area contributed by atoms with Crippen molar-refractivity contribution in [2.45, 2.75) is 93.4 Å². The van der Waals surface area contributed by atoms with Gasteiger partial charge >= 0.3 is 0 Å². The molecule has 0 aliphatic heterocycles. The highest BCUT2D eigenvalue weighted by Crippen LogP contribution is 2.52. The smallest absolute Gasteiger partial charge is 0.154 e. The summed E-state index contributed by atoms with van der Waals surface area (Å²) < 4.78 is 0. The Hall–Kier alpha value is -2.22. The molecule has 0 amide bonds. The minimum Gasteiger partial charge on any atom is -0.298 e. The molecule has 204 valence electrons. The maximum absolute atomic E-state index is 13.5. The summed E-state index contributed by atoms with van der Waals surface area (Å²) in [6.45, 7) is 18.2. The molecular formula is C36H48O2. The number of hydrogen-bond acceptors (Lipinski definition) is 2. The van der Waals surface area contributed by atoms with Gasteiger partial charge in [-0.05, 0) is 121 Å². The zero-order valence-electron chi connectivity index (χ0n) is 24.9. The molecule has 0 aromatic heterocycles. The average Bonchev–Trinajstić information content (AvgIpc) is 3.17. The van der Waals surface area contributed by atoms with Crippen molar-refractivity contribution in [3.8, 4) is 11.1 Å². The average molecular weight is 513 g/mol. The standard InChI is InChI=1S/C36H48O2/c1-19(2)25-11-9-21(5)33-27(13-23(7)29(33)15-25)17-31-35(37)32(36(31)38)18-28-14-24(8)30-16-26(20(3)4)12-10-22(6)34(28)30/h9,11,13-15,19-20,22,26,28,30-32,34H,10,12,16-18H2,1-8H3. The minimum atomic E-state index is -0.460. The number of Topliss-reactive ketones (excluding diaryl/α,β-unsaturated/α-hetero) is 2. The molecule has 5 aliphatic carbocycles. The zero-order valence-corrected chi connectivity index (χ0v) is 24.9. The summed E-state index contributed by atoms with van der Waals surface area (Å²) >= 11 is 0. The van der Waals surface area contributed by atoms with E-state index in [2.05, 4.69) is 85.7 Å². The fourth-order valence-corrected chi connectivity index (χ4v) is 8.35. The molecular weight excluding hydrogens is 464 g/mol. The van der Waals surface area contributed by atoms with Crippen molar-refractivity contribution in [3.63, 3.8) is 0 Å². The van der Waals surface area contributed by atoms with E-state index in [1.165, 1.54) is 58.2 Å². The second-order valence-electron chi connectivity index (χ2n) is 13.9. The SMILES string of the molecule is CC1=CC(CC2C(=O)C(Cc3cc(C)c4cc(C(C)C)ccc(C)c3-4)C2=O)C2C(C)CCC(C(C)C)CC12. The van der Waals surface area contributed by atoms with Crippen molar-refractivity contribution >= 4 is 11.6 Å². The Morgan fingerprint density at radius 3 is 2.26 bits per heavy atom. The van der Waals surface area contributed by atoms with Gasteiger partial charge in [-0.2, -0.15) is 0 Å². The second kappa shape index (κ2) is 10.4. The minimum absolute atomic E-state index is 0.193. The van der Waals surface area contributed by atoms with Crippen LogP contribution in [0.5, 0.6) is 0 Å². The molecule has 0 aromatic rings. The number of carbonyl (C=O) groups is 2. The molecule has 0 aromatic carbocycles. The second-order valence-corrected chi connectivity index (χ2v) is 13.9. The van der Waals surface area contributed by atoms with Crippen LogP contribution >= 0.6 is 0 Å². The fourth-order valence-electron chi connectivity index (χ4n) is 8.35. The van der Waals surface area contributed by atoms with Crippen LogP contribution in [-0.4, -0.2) is 11.6 Å². The van der Waals surface area contributed by atoms with E-state index in [0.29, 0.717) is 36.0 Å². The first-order chi connectivity index (χ1) is 18.0. The highest BCUT2D eigenvalue weighted by atomic mass is 16.2. The molecule has 0 radical (unpaired) electrons. The van der Waals surface area contributed by atoms with E-state index < -0.39 is 11.8 Å². The van der Waals surface area contributed by atoms with E-state index in [1.807, 2.05) is 0 Å². The van der Waals surface area contributed by atoms with Crippen LogP contribution in [0.3, 0.4) is 0 Å². The molecule has 2 nitrogen and oxygen atoms in total. The quantitative estimate of drug-likeness (QED) is 0.286. The largest absolute Gasteiger partial charge is 0.298 e. The van der Waals surface area contributed by atoms with Gasteiger partial charge in [-0.3, -0.25) is 9.59 Å². The van der Waals surface area contributed by atoms with Gasteiger partial charge in [-0.15, -0.1) is 0 Å². The third-order valence-electron chi connectivity index (χ3n) is 10.8. The summed E-state index contributed by atoms with van der Waals surface area (Å²) in [5, 5.41) is 0. The summed E-state index contributed by atoms with van der Waals surface area (Å²) in [4.78, 5) is 27.0. The zero-order chi connectivity index (χ0) is 27.5. The molecule has 5 rings (SSSR count). The molecule has 2 fully saturated rings. The van der Waals surface area contributed by atoms with E-state index in [-0.39, 0.29) is 11.6 Å². The molecule has 0 heterocycles. The number of carbonyl (C=O) groups excluding carboxylic acids is 2. The lowest BCUT2D eigenvalue weighted by molar-refractivity contribution is -0.151. The van der Waals surface area contributed by atoms with Crippen molar-refractivity contribution < 1.29 is 9.59 Å². The fraction of sp³-hybridized carbons (Fsp3) is 0.611. The van der Waals surface area contributed by atoms with Gasteiger partial charge in [0.25, 0.3) is 0 Å². The number of aryl methyl sites for hydroxylation is 2. The Morgan fingerprint density at radius 2 is 1.61 bits per heavy atom. The van der Waals surface area contributed by atoms with Crippen molar-refractivity contribution in [1.29, 1.82) is 0 Å². The third kappa shape index (κ3) is 4.71. The molecule has 5 unspecified atom stereocenters. The number of ketones is 2. The van der Waals surface area contributed by atoms with Gasteiger partial charge in [0.1, 0.15) is 0 Å². The summed E-state index contributed by atoms with van der Waals surface area (Å²) in [7, 11) is 0. The Bertz CT molecular complexity index is 1210. The summed E-state index contributed by atoms with van der Waals surface area (Å²) in [6.07, 6.45) is 7.60. The molecule has 2 saturated carbocycles. The van der Waals surface area contributed by atoms with Crippen molar-refractivity contribution in [1.82, 2.24) is 0 Å². The Balaban J connectivity index is 1.31. The lowest BCUT2D eigenvalue weighted by Gasteiger charge is -2.37. The van der Waals surface area contributed by atoms with Crippen molar-refractivity contribution in [2.24, 2.45) is 47.3 Å². The van der Waals surface area contributed by atoms with Crippen LogP contribution < -0.4 is 0 Å². The summed E-state index contributed by atoms with van der Waals surface area (Å²) in [5.41, 5.74) is 8.98. The Morgan fingerprint density at radius 1 is 0.895 bits per heavy atom. The van der Waals surface area contributed by atoms with Crippen LogP contribution in [0.2, 0.25) is 0 Å². The Kier molecular flexibility index (Phi) is 7.48. The molecule has 5 atom stereocenters. The highest BCUT2D eigenvalue weighted by Gasteiger charge is 2.51. The van der Waals surface area contributed by atoms with Crippen LogP contribution in [-0.2, 0) is 16.0 Å². The molecule has 5 aliphatic rings. The summed E-state index contributed by atoms with van der Waals surface area (Å²) in [5.74, 6) is 3.75. The number of rotatable bonds is 6. The topological polar surface area (TPSA) is 34.1 Å². The predicted octanol–water partition coefficient (Wildman–Crippen LogP) is 8.75. The van der Waals surface area contributed by atoms with Gasteiger partial charge in [0.2, 0.25) is 0 Å². The molecule has 0 bridgehead atoms. The first-order valence-electron chi connectivity index (χ1n) is 15.3. The molecule has 0 spiro atoms.